The predicted octanol–water partition coefficient (Wildman–Crippen LogP) is 3.58. The van der Waals surface area contributed by atoms with Gasteiger partial charge in [0.15, 0.2) is 0 Å². The normalized spacial score (nSPS) is 29.3. The van der Waals surface area contributed by atoms with Crippen LogP contribution in [0.5, 0.6) is 5.75 Å². The summed E-state index contributed by atoms with van der Waals surface area (Å²) in [7, 11) is 0. The first kappa shape index (κ1) is 21.6. The van der Waals surface area contributed by atoms with Crippen molar-refractivity contribution in [1.29, 1.82) is 0 Å². The van der Waals surface area contributed by atoms with Gasteiger partial charge in [0.1, 0.15) is 12.4 Å². The van der Waals surface area contributed by atoms with E-state index in [0.29, 0.717) is 32.2 Å². The van der Waals surface area contributed by atoms with Crippen molar-refractivity contribution in [3.05, 3.63) is 53.1 Å². The molecule has 2 N–H and O–H groups in total. The number of rotatable bonds is 9. The van der Waals surface area contributed by atoms with Crippen molar-refractivity contribution >= 4 is 0 Å². The second-order valence-electron chi connectivity index (χ2n) is 8.86. The first-order valence-electron chi connectivity index (χ1n) is 11.2. The lowest BCUT2D eigenvalue weighted by Gasteiger charge is -2.37. The van der Waals surface area contributed by atoms with Gasteiger partial charge in [0.25, 0.3) is 0 Å². The SMILES string of the molecule is CC1=C(Cc2ccc(OCCOC3CC3)cc2)CC(C2CC(O)CC(CO)O2)C=C1. The first-order valence-corrected chi connectivity index (χ1v) is 11.2. The lowest BCUT2D eigenvalue weighted by Crippen LogP contribution is -2.41. The summed E-state index contributed by atoms with van der Waals surface area (Å²) in [4.78, 5) is 0. The van der Waals surface area contributed by atoms with E-state index in [0.717, 1.165) is 18.6 Å². The predicted molar refractivity (Wildman–Crippen MR) is 116 cm³/mol. The molecule has 164 valence electrons. The Labute approximate surface area is 179 Å². The van der Waals surface area contributed by atoms with Crippen LogP contribution < -0.4 is 4.74 Å². The highest BCUT2D eigenvalue weighted by Gasteiger charge is 2.33. The molecule has 1 saturated heterocycles. The van der Waals surface area contributed by atoms with Crippen molar-refractivity contribution in [2.45, 2.75) is 69.9 Å². The van der Waals surface area contributed by atoms with Crippen LogP contribution in [0.25, 0.3) is 0 Å². The molecule has 1 aromatic carbocycles. The van der Waals surface area contributed by atoms with E-state index in [1.165, 1.54) is 29.6 Å². The van der Waals surface area contributed by atoms with E-state index in [-0.39, 0.29) is 24.7 Å². The Balaban J connectivity index is 1.30. The van der Waals surface area contributed by atoms with Crippen LogP contribution in [0.2, 0.25) is 0 Å². The molecule has 2 aliphatic carbocycles. The number of hydrogen-bond acceptors (Lipinski definition) is 5. The highest BCUT2D eigenvalue weighted by molar-refractivity contribution is 5.36. The molecule has 5 heteroatoms. The summed E-state index contributed by atoms with van der Waals surface area (Å²) in [6.07, 6.45) is 9.51. The van der Waals surface area contributed by atoms with Crippen LogP contribution in [0.4, 0.5) is 0 Å². The molecule has 0 aromatic heterocycles. The zero-order chi connectivity index (χ0) is 20.9. The van der Waals surface area contributed by atoms with E-state index < -0.39 is 6.10 Å². The largest absolute Gasteiger partial charge is 0.491 e. The fourth-order valence-corrected chi connectivity index (χ4v) is 4.34. The third kappa shape index (κ3) is 5.94. The Morgan fingerprint density at radius 3 is 2.63 bits per heavy atom. The second-order valence-corrected chi connectivity index (χ2v) is 8.86. The Morgan fingerprint density at radius 2 is 1.90 bits per heavy atom. The van der Waals surface area contributed by atoms with Crippen molar-refractivity contribution in [2.24, 2.45) is 5.92 Å². The van der Waals surface area contributed by atoms with Crippen LogP contribution in [-0.2, 0) is 15.9 Å². The molecule has 0 amide bonds. The van der Waals surface area contributed by atoms with Gasteiger partial charge in [-0.2, -0.15) is 0 Å². The molecule has 3 aliphatic rings. The molecule has 0 spiro atoms. The zero-order valence-electron chi connectivity index (χ0n) is 17.8. The number of aliphatic hydroxyl groups is 2. The molecule has 1 aromatic rings. The topological polar surface area (TPSA) is 68.2 Å². The van der Waals surface area contributed by atoms with Gasteiger partial charge in [-0.25, -0.2) is 0 Å². The highest BCUT2D eigenvalue weighted by Crippen LogP contribution is 2.34. The van der Waals surface area contributed by atoms with E-state index in [9.17, 15) is 10.2 Å². The summed E-state index contributed by atoms with van der Waals surface area (Å²) in [5, 5.41) is 19.6. The third-order valence-electron chi connectivity index (χ3n) is 6.29. The average molecular weight is 415 g/mol. The van der Waals surface area contributed by atoms with Gasteiger partial charge >= 0.3 is 0 Å². The van der Waals surface area contributed by atoms with Crippen molar-refractivity contribution in [3.63, 3.8) is 0 Å². The van der Waals surface area contributed by atoms with Crippen LogP contribution in [-0.4, -0.2) is 54.4 Å². The molecule has 2 fully saturated rings. The fraction of sp³-hybridized carbons (Fsp3) is 0.600. The van der Waals surface area contributed by atoms with Gasteiger partial charge in [0.05, 0.1) is 37.6 Å². The minimum atomic E-state index is -0.396. The fourth-order valence-electron chi connectivity index (χ4n) is 4.34. The van der Waals surface area contributed by atoms with Gasteiger partial charge in [-0.1, -0.05) is 35.4 Å². The van der Waals surface area contributed by atoms with Crippen LogP contribution in [0.3, 0.4) is 0 Å². The molecule has 1 heterocycles. The molecule has 4 atom stereocenters. The van der Waals surface area contributed by atoms with Gasteiger partial charge < -0.3 is 24.4 Å². The van der Waals surface area contributed by atoms with E-state index >= 15 is 0 Å². The third-order valence-corrected chi connectivity index (χ3v) is 6.29. The van der Waals surface area contributed by atoms with Crippen LogP contribution in [0, 0.1) is 5.92 Å². The first-order chi connectivity index (χ1) is 14.6. The summed E-state index contributed by atoms with van der Waals surface area (Å²) >= 11 is 0. The lowest BCUT2D eigenvalue weighted by molar-refractivity contribution is -0.124. The van der Waals surface area contributed by atoms with Gasteiger partial charge in [0, 0.05) is 18.8 Å². The molecule has 1 saturated carbocycles. The molecule has 30 heavy (non-hydrogen) atoms. The van der Waals surface area contributed by atoms with Crippen LogP contribution >= 0.6 is 0 Å². The Morgan fingerprint density at radius 1 is 1.10 bits per heavy atom. The number of hydrogen-bond donors (Lipinski definition) is 2. The van der Waals surface area contributed by atoms with Gasteiger partial charge in [-0.05, 0) is 50.3 Å². The zero-order valence-corrected chi connectivity index (χ0v) is 17.8. The highest BCUT2D eigenvalue weighted by atomic mass is 16.5. The molecular weight excluding hydrogens is 380 g/mol. The van der Waals surface area contributed by atoms with Crippen molar-refractivity contribution in [1.82, 2.24) is 0 Å². The standard InChI is InChI=1S/C25H34O5/c1-17-2-5-19(25-15-21(27)14-24(16-26)30-25)13-20(17)12-18-3-6-22(7-4-18)28-10-11-29-23-8-9-23/h2-7,19,21,23-27H,8-16H2,1H3. The number of benzene rings is 1. The Kier molecular flexibility index (Phi) is 7.26. The lowest BCUT2D eigenvalue weighted by atomic mass is 9.81. The van der Waals surface area contributed by atoms with E-state index in [1.807, 2.05) is 12.1 Å². The van der Waals surface area contributed by atoms with E-state index in [4.69, 9.17) is 14.2 Å². The smallest absolute Gasteiger partial charge is 0.119 e. The monoisotopic (exact) mass is 414 g/mol. The van der Waals surface area contributed by atoms with Crippen LogP contribution in [0.1, 0.15) is 44.6 Å². The maximum atomic E-state index is 10.2. The average Bonchev–Trinajstić information content (AvgIpc) is 3.58. The van der Waals surface area contributed by atoms with Crippen LogP contribution in [0.15, 0.2) is 47.6 Å². The van der Waals surface area contributed by atoms with Gasteiger partial charge in [0.2, 0.25) is 0 Å². The van der Waals surface area contributed by atoms with Gasteiger partial charge in [-0.3, -0.25) is 0 Å². The summed E-state index contributed by atoms with van der Waals surface area (Å²) in [6.45, 7) is 3.37. The summed E-state index contributed by atoms with van der Waals surface area (Å²) in [5.74, 6) is 1.12. The maximum absolute atomic E-state index is 10.2. The number of ether oxygens (including phenoxy) is 3. The number of aliphatic hydroxyl groups excluding tert-OH is 2. The van der Waals surface area contributed by atoms with Crippen molar-refractivity contribution in [3.8, 4) is 5.75 Å². The summed E-state index contributed by atoms with van der Waals surface area (Å²) in [5.41, 5.74) is 3.97. The molecular formula is C25H34O5. The molecule has 4 rings (SSSR count). The molecule has 4 unspecified atom stereocenters. The van der Waals surface area contributed by atoms with Gasteiger partial charge in [-0.15, -0.1) is 0 Å². The molecule has 5 nitrogen and oxygen atoms in total. The minimum absolute atomic E-state index is 0.0349. The van der Waals surface area contributed by atoms with E-state index in [2.05, 4.69) is 31.2 Å². The molecule has 1 aliphatic heterocycles. The molecule has 0 bridgehead atoms. The number of allylic oxidation sites excluding steroid dienone is 3. The van der Waals surface area contributed by atoms with E-state index in [1.54, 1.807) is 0 Å². The van der Waals surface area contributed by atoms with Crippen molar-refractivity contribution < 1.29 is 24.4 Å². The minimum Gasteiger partial charge on any atom is -0.491 e. The maximum Gasteiger partial charge on any atom is 0.119 e. The summed E-state index contributed by atoms with van der Waals surface area (Å²) < 4.78 is 17.4. The second kappa shape index (κ2) is 10.1. The summed E-state index contributed by atoms with van der Waals surface area (Å²) in [6, 6.07) is 8.33. The Bertz CT molecular complexity index is 749. The van der Waals surface area contributed by atoms with Crippen molar-refractivity contribution in [2.75, 3.05) is 19.8 Å². The quantitative estimate of drug-likeness (QED) is 0.605. The Hall–Kier alpha value is -1.66. The molecule has 0 radical (unpaired) electrons.